The monoisotopic (exact) mass is 283 g/mol. The van der Waals surface area contributed by atoms with Gasteiger partial charge in [-0.25, -0.2) is 0 Å². The number of nitrogens with one attached hydrogen (secondary N) is 1. The first kappa shape index (κ1) is 14.4. The van der Waals surface area contributed by atoms with Gasteiger partial charge in [0.05, 0.1) is 6.54 Å². The van der Waals surface area contributed by atoms with Crippen LogP contribution in [0.4, 0.5) is 8.78 Å². The molecule has 0 aliphatic carbocycles. The van der Waals surface area contributed by atoms with Crippen molar-refractivity contribution in [2.24, 2.45) is 0 Å². The highest BCUT2D eigenvalue weighted by atomic mass is 19.3. The van der Waals surface area contributed by atoms with Crippen LogP contribution in [-0.2, 0) is 6.54 Å². The Morgan fingerprint density at radius 1 is 1.40 bits per heavy atom. The lowest BCUT2D eigenvalue weighted by atomic mass is 10.1. The van der Waals surface area contributed by atoms with Crippen molar-refractivity contribution in [3.8, 4) is 5.75 Å². The molecule has 0 radical (unpaired) electrons. The molecular weight excluding hydrogens is 268 g/mol. The molecule has 20 heavy (non-hydrogen) atoms. The van der Waals surface area contributed by atoms with Gasteiger partial charge in [-0.3, -0.25) is 0 Å². The summed E-state index contributed by atoms with van der Waals surface area (Å²) in [7, 11) is 0. The average Bonchev–Trinajstić information content (AvgIpc) is 2.81. The summed E-state index contributed by atoms with van der Waals surface area (Å²) in [6.45, 7) is 1.23. The molecule has 0 spiro atoms. The molecule has 0 aliphatic heterocycles. The number of benzene rings is 1. The normalized spacial score (nSPS) is 12.7. The maximum Gasteiger partial charge on any atom is 0.387 e. The van der Waals surface area contributed by atoms with Gasteiger partial charge in [-0.2, -0.15) is 13.8 Å². The Morgan fingerprint density at radius 3 is 2.85 bits per heavy atom. The van der Waals surface area contributed by atoms with Crippen LogP contribution in [0.5, 0.6) is 5.75 Å². The summed E-state index contributed by atoms with van der Waals surface area (Å²) in [5.41, 5.74) is 0.833. The Kier molecular flexibility index (Phi) is 4.62. The van der Waals surface area contributed by atoms with E-state index < -0.39 is 6.61 Å². The van der Waals surface area contributed by atoms with E-state index >= 15 is 0 Å². The predicted molar refractivity (Wildman–Crippen MR) is 67.4 cm³/mol. The zero-order valence-electron chi connectivity index (χ0n) is 11.1. The van der Waals surface area contributed by atoms with Gasteiger partial charge in [0.25, 0.3) is 0 Å². The molecule has 1 heterocycles. The van der Waals surface area contributed by atoms with Gasteiger partial charge in [0.1, 0.15) is 5.75 Å². The van der Waals surface area contributed by atoms with Gasteiger partial charge in [0.2, 0.25) is 5.89 Å². The largest absolute Gasteiger partial charge is 0.435 e. The van der Waals surface area contributed by atoms with Crippen molar-refractivity contribution in [2.45, 2.75) is 33.0 Å². The molecule has 0 aliphatic rings. The second-order valence-electron chi connectivity index (χ2n) is 4.29. The Balaban J connectivity index is 1.96. The molecule has 1 aromatic carbocycles. The van der Waals surface area contributed by atoms with Crippen molar-refractivity contribution < 1.29 is 18.0 Å². The average molecular weight is 283 g/mol. The summed E-state index contributed by atoms with van der Waals surface area (Å²) in [6.07, 6.45) is 0. The fourth-order valence-corrected chi connectivity index (χ4v) is 1.73. The summed E-state index contributed by atoms with van der Waals surface area (Å²) in [5, 5.41) is 6.85. The predicted octanol–water partition coefficient (Wildman–Crippen LogP) is 2.83. The molecule has 1 N–H and O–H groups in total. The second-order valence-corrected chi connectivity index (χ2v) is 4.29. The third kappa shape index (κ3) is 3.99. The maximum absolute atomic E-state index is 12.2. The fourth-order valence-electron chi connectivity index (χ4n) is 1.73. The van der Waals surface area contributed by atoms with Crippen molar-refractivity contribution in [3.05, 3.63) is 41.5 Å². The van der Waals surface area contributed by atoms with Crippen LogP contribution in [0.15, 0.2) is 28.8 Å². The lowest BCUT2D eigenvalue weighted by molar-refractivity contribution is -0.0499. The summed E-state index contributed by atoms with van der Waals surface area (Å²) < 4.78 is 33.7. The van der Waals surface area contributed by atoms with Gasteiger partial charge in [0, 0.05) is 6.04 Å². The van der Waals surface area contributed by atoms with E-state index in [4.69, 9.17) is 4.52 Å². The van der Waals surface area contributed by atoms with E-state index in [1.165, 1.54) is 6.07 Å². The SMILES string of the molecule is Cc1noc(CNC(C)c2cccc(OC(F)F)c2)n1. The first-order chi connectivity index (χ1) is 9.54. The highest BCUT2D eigenvalue weighted by Crippen LogP contribution is 2.20. The highest BCUT2D eigenvalue weighted by Gasteiger charge is 2.10. The minimum Gasteiger partial charge on any atom is -0.435 e. The summed E-state index contributed by atoms with van der Waals surface area (Å²) in [5.74, 6) is 1.19. The van der Waals surface area contributed by atoms with Crippen molar-refractivity contribution in [1.29, 1.82) is 0 Å². The molecule has 1 atom stereocenters. The molecule has 2 rings (SSSR count). The van der Waals surface area contributed by atoms with E-state index in [2.05, 4.69) is 20.2 Å². The van der Waals surface area contributed by atoms with Crippen molar-refractivity contribution in [3.63, 3.8) is 0 Å². The number of alkyl halides is 2. The Bertz CT molecular complexity index is 560. The van der Waals surface area contributed by atoms with E-state index in [1.54, 1.807) is 19.1 Å². The molecule has 1 aromatic heterocycles. The van der Waals surface area contributed by atoms with Crippen molar-refractivity contribution in [1.82, 2.24) is 15.5 Å². The molecule has 1 unspecified atom stereocenters. The van der Waals surface area contributed by atoms with Gasteiger partial charge in [-0.05, 0) is 31.5 Å². The molecular formula is C13H15F2N3O2. The van der Waals surface area contributed by atoms with Crippen LogP contribution in [0.1, 0.15) is 30.2 Å². The van der Waals surface area contributed by atoms with Gasteiger partial charge >= 0.3 is 6.61 Å². The first-order valence-electron chi connectivity index (χ1n) is 6.12. The molecule has 108 valence electrons. The van der Waals surface area contributed by atoms with E-state index in [0.29, 0.717) is 18.3 Å². The molecule has 5 nitrogen and oxygen atoms in total. The molecule has 0 saturated heterocycles. The van der Waals surface area contributed by atoms with Crippen molar-refractivity contribution in [2.75, 3.05) is 0 Å². The fraction of sp³-hybridized carbons (Fsp3) is 0.385. The number of hydrogen-bond acceptors (Lipinski definition) is 5. The standard InChI is InChI=1S/C13H15F2N3O2/c1-8(16-7-12-17-9(2)18-20-12)10-4-3-5-11(6-10)19-13(14)15/h3-6,8,13,16H,7H2,1-2H3. The number of aromatic nitrogens is 2. The summed E-state index contributed by atoms with van der Waals surface area (Å²) >= 11 is 0. The number of hydrogen-bond donors (Lipinski definition) is 1. The number of halogens is 2. The molecule has 0 saturated carbocycles. The molecule has 0 fully saturated rings. The van der Waals surface area contributed by atoms with E-state index in [9.17, 15) is 8.78 Å². The zero-order chi connectivity index (χ0) is 14.5. The number of ether oxygens (including phenoxy) is 1. The topological polar surface area (TPSA) is 60.2 Å². The Hall–Kier alpha value is -2.02. The maximum atomic E-state index is 12.2. The Labute approximate surface area is 114 Å². The van der Waals surface area contributed by atoms with Crippen LogP contribution in [-0.4, -0.2) is 16.8 Å². The summed E-state index contributed by atoms with van der Waals surface area (Å²) in [6, 6.07) is 6.49. The smallest absolute Gasteiger partial charge is 0.387 e. The molecule has 0 amide bonds. The van der Waals surface area contributed by atoms with Crippen molar-refractivity contribution >= 4 is 0 Å². The van der Waals surface area contributed by atoms with Crippen LogP contribution in [0.2, 0.25) is 0 Å². The van der Waals surface area contributed by atoms with E-state index in [-0.39, 0.29) is 11.8 Å². The number of aryl methyl sites for hydroxylation is 1. The van der Waals surface area contributed by atoms with E-state index in [1.807, 2.05) is 13.0 Å². The van der Waals surface area contributed by atoms with Crippen LogP contribution in [0.3, 0.4) is 0 Å². The first-order valence-corrected chi connectivity index (χ1v) is 6.12. The van der Waals surface area contributed by atoms with Crippen LogP contribution in [0.25, 0.3) is 0 Å². The molecule has 2 aromatic rings. The third-order valence-corrected chi connectivity index (χ3v) is 2.71. The minimum absolute atomic E-state index is 0.0663. The molecule has 0 bridgehead atoms. The van der Waals surface area contributed by atoms with Gasteiger partial charge in [-0.1, -0.05) is 17.3 Å². The summed E-state index contributed by atoms with van der Waals surface area (Å²) in [4.78, 5) is 4.07. The minimum atomic E-state index is -2.82. The van der Waals surface area contributed by atoms with Crippen LogP contribution >= 0.6 is 0 Å². The van der Waals surface area contributed by atoms with Gasteiger partial charge in [0.15, 0.2) is 5.82 Å². The quantitative estimate of drug-likeness (QED) is 0.883. The molecule has 7 heteroatoms. The Morgan fingerprint density at radius 2 is 2.20 bits per heavy atom. The second kappa shape index (κ2) is 6.42. The zero-order valence-corrected chi connectivity index (χ0v) is 11.1. The number of rotatable bonds is 6. The van der Waals surface area contributed by atoms with E-state index in [0.717, 1.165) is 5.56 Å². The van der Waals surface area contributed by atoms with Crippen LogP contribution in [0, 0.1) is 6.92 Å². The number of nitrogens with zero attached hydrogens (tertiary/aromatic N) is 2. The third-order valence-electron chi connectivity index (χ3n) is 2.71. The highest BCUT2D eigenvalue weighted by molar-refractivity contribution is 5.30. The van der Waals surface area contributed by atoms with Gasteiger partial charge in [-0.15, -0.1) is 0 Å². The van der Waals surface area contributed by atoms with Gasteiger partial charge < -0.3 is 14.6 Å². The lowest BCUT2D eigenvalue weighted by Gasteiger charge is -2.14. The van der Waals surface area contributed by atoms with Crippen LogP contribution < -0.4 is 10.1 Å². The lowest BCUT2D eigenvalue weighted by Crippen LogP contribution is -2.18.